The summed E-state index contributed by atoms with van der Waals surface area (Å²) in [4.78, 5) is 22.0. The summed E-state index contributed by atoms with van der Waals surface area (Å²) in [6, 6.07) is 9.43. The molecule has 19 heavy (non-hydrogen) atoms. The summed E-state index contributed by atoms with van der Waals surface area (Å²) in [7, 11) is 3.55. The molecule has 0 amide bonds. The molecular formula is C13H16N4O2. The number of hydrogen-bond donors (Lipinski definition) is 0. The first-order chi connectivity index (χ1) is 9.13. The summed E-state index contributed by atoms with van der Waals surface area (Å²) in [5, 5.41) is 0. The summed E-state index contributed by atoms with van der Waals surface area (Å²) < 4.78 is 6.81. The fourth-order valence-corrected chi connectivity index (χ4v) is 1.60. The number of anilines is 1. The molecule has 1 heterocycles. The number of hydrogen-bond acceptors (Lipinski definition) is 5. The molecule has 6 heteroatoms. The first-order valence-corrected chi connectivity index (χ1v) is 6.00. The third-order valence-electron chi connectivity index (χ3n) is 2.46. The molecule has 1 aromatic carbocycles. The highest BCUT2D eigenvalue weighted by Crippen LogP contribution is 2.14. The van der Waals surface area contributed by atoms with Gasteiger partial charge in [-0.25, -0.2) is 9.36 Å². The van der Waals surface area contributed by atoms with E-state index in [9.17, 15) is 4.79 Å². The maximum Gasteiger partial charge on any atom is 0.359 e. The lowest BCUT2D eigenvalue weighted by atomic mass is 10.3. The average molecular weight is 260 g/mol. The first kappa shape index (κ1) is 13.1. The molecule has 0 N–H and O–H groups in total. The van der Waals surface area contributed by atoms with Crippen LogP contribution in [0.15, 0.2) is 35.1 Å². The minimum absolute atomic E-state index is 0.248. The maximum atomic E-state index is 12.1. The molecule has 0 aliphatic carbocycles. The third kappa shape index (κ3) is 2.73. The van der Waals surface area contributed by atoms with E-state index in [2.05, 4.69) is 9.97 Å². The van der Waals surface area contributed by atoms with Gasteiger partial charge in [0.15, 0.2) is 0 Å². The van der Waals surface area contributed by atoms with Crippen molar-refractivity contribution in [2.75, 3.05) is 25.6 Å². The fourth-order valence-electron chi connectivity index (χ4n) is 1.60. The second-order valence-electron chi connectivity index (χ2n) is 4.09. The van der Waals surface area contributed by atoms with Crippen molar-refractivity contribution in [3.05, 3.63) is 40.8 Å². The average Bonchev–Trinajstić information content (AvgIpc) is 2.39. The molecule has 100 valence electrons. The SMILES string of the molecule is CCOc1nc(N(C)C)nc(=O)n1-c1ccccc1. The highest BCUT2D eigenvalue weighted by molar-refractivity contribution is 5.36. The van der Waals surface area contributed by atoms with Crippen LogP contribution in [0.2, 0.25) is 0 Å². The Balaban J connectivity index is 2.63. The highest BCUT2D eigenvalue weighted by atomic mass is 16.5. The normalized spacial score (nSPS) is 10.3. The van der Waals surface area contributed by atoms with E-state index < -0.39 is 5.69 Å². The van der Waals surface area contributed by atoms with Crippen LogP contribution >= 0.6 is 0 Å². The molecule has 0 saturated heterocycles. The molecular weight excluding hydrogens is 244 g/mol. The van der Waals surface area contributed by atoms with E-state index in [0.29, 0.717) is 18.2 Å². The minimum atomic E-state index is -0.409. The van der Waals surface area contributed by atoms with Gasteiger partial charge in [-0.3, -0.25) is 0 Å². The van der Waals surface area contributed by atoms with Crippen LogP contribution in [0.1, 0.15) is 6.92 Å². The zero-order valence-corrected chi connectivity index (χ0v) is 11.2. The molecule has 2 rings (SSSR count). The van der Waals surface area contributed by atoms with Crippen LogP contribution in [0.25, 0.3) is 5.69 Å². The Labute approximate surface area is 111 Å². The van der Waals surface area contributed by atoms with E-state index in [1.54, 1.807) is 19.0 Å². The van der Waals surface area contributed by atoms with Crippen molar-refractivity contribution < 1.29 is 4.74 Å². The molecule has 0 saturated carbocycles. The van der Waals surface area contributed by atoms with Crippen LogP contribution in [-0.2, 0) is 0 Å². The van der Waals surface area contributed by atoms with Gasteiger partial charge in [0.2, 0.25) is 5.95 Å². The maximum absolute atomic E-state index is 12.1. The lowest BCUT2D eigenvalue weighted by Crippen LogP contribution is -2.28. The van der Waals surface area contributed by atoms with E-state index in [1.165, 1.54) is 4.57 Å². The van der Waals surface area contributed by atoms with Crippen molar-refractivity contribution in [1.82, 2.24) is 14.5 Å². The van der Waals surface area contributed by atoms with E-state index >= 15 is 0 Å². The molecule has 1 aromatic heterocycles. The van der Waals surface area contributed by atoms with Gasteiger partial charge in [0.1, 0.15) is 0 Å². The Kier molecular flexibility index (Phi) is 3.79. The van der Waals surface area contributed by atoms with Crippen molar-refractivity contribution in [1.29, 1.82) is 0 Å². The van der Waals surface area contributed by atoms with E-state index in [-0.39, 0.29) is 6.01 Å². The summed E-state index contributed by atoms with van der Waals surface area (Å²) in [6.07, 6.45) is 0. The van der Waals surface area contributed by atoms with Crippen molar-refractivity contribution in [3.8, 4) is 11.7 Å². The summed E-state index contributed by atoms with van der Waals surface area (Å²) in [6.45, 7) is 2.27. The number of benzene rings is 1. The zero-order chi connectivity index (χ0) is 13.8. The van der Waals surface area contributed by atoms with Crippen LogP contribution in [0, 0.1) is 0 Å². The van der Waals surface area contributed by atoms with Crippen LogP contribution in [0.4, 0.5) is 5.95 Å². The Hall–Kier alpha value is -2.37. The van der Waals surface area contributed by atoms with Crippen molar-refractivity contribution >= 4 is 5.95 Å². The fraction of sp³-hybridized carbons (Fsp3) is 0.308. The number of ether oxygens (including phenoxy) is 1. The number of nitrogens with zero attached hydrogens (tertiary/aromatic N) is 4. The molecule has 0 spiro atoms. The molecule has 0 atom stereocenters. The van der Waals surface area contributed by atoms with Gasteiger partial charge in [0.05, 0.1) is 12.3 Å². The van der Waals surface area contributed by atoms with Gasteiger partial charge >= 0.3 is 11.7 Å². The van der Waals surface area contributed by atoms with Gasteiger partial charge in [-0.1, -0.05) is 18.2 Å². The Morgan fingerprint density at radius 2 is 1.89 bits per heavy atom. The largest absolute Gasteiger partial charge is 0.465 e. The monoisotopic (exact) mass is 260 g/mol. The lowest BCUT2D eigenvalue weighted by molar-refractivity contribution is 0.300. The van der Waals surface area contributed by atoms with Gasteiger partial charge in [-0.05, 0) is 19.1 Å². The summed E-state index contributed by atoms with van der Waals surface area (Å²) in [5.74, 6) is 0.334. The van der Waals surface area contributed by atoms with Gasteiger partial charge in [-0.15, -0.1) is 0 Å². The zero-order valence-electron chi connectivity index (χ0n) is 11.2. The van der Waals surface area contributed by atoms with E-state index in [4.69, 9.17) is 4.74 Å². The number of aromatic nitrogens is 3. The van der Waals surface area contributed by atoms with Crippen molar-refractivity contribution in [3.63, 3.8) is 0 Å². The van der Waals surface area contributed by atoms with Crippen LogP contribution < -0.4 is 15.3 Å². The third-order valence-corrected chi connectivity index (χ3v) is 2.46. The van der Waals surface area contributed by atoms with Crippen molar-refractivity contribution in [2.24, 2.45) is 0 Å². The molecule has 0 fully saturated rings. The topological polar surface area (TPSA) is 60.2 Å². The standard InChI is InChI=1S/C13H16N4O2/c1-4-19-13-15-11(16(2)3)14-12(18)17(13)10-8-6-5-7-9-10/h5-9H,4H2,1-3H3. The lowest BCUT2D eigenvalue weighted by Gasteiger charge is -2.15. The second kappa shape index (κ2) is 5.51. The quantitative estimate of drug-likeness (QED) is 0.823. The molecule has 6 nitrogen and oxygen atoms in total. The first-order valence-electron chi connectivity index (χ1n) is 6.00. The second-order valence-corrected chi connectivity index (χ2v) is 4.09. The van der Waals surface area contributed by atoms with Gasteiger partial charge in [-0.2, -0.15) is 9.97 Å². The summed E-state index contributed by atoms with van der Waals surface area (Å²) >= 11 is 0. The van der Waals surface area contributed by atoms with Crippen LogP contribution in [-0.4, -0.2) is 35.2 Å². The minimum Gasteiger partial charge on any atom is -0.465 e. The van der Waals surface area contributed by atoms with Gasteiger partial charge in [0, 0.05) is 14.1 Å². The molecule has 0 radical (unpaired) electrons. The van der Waals surface area contributed by atoms with E-state index in [1.807, 2.05) is 37.3 Å². The predicted octanol–water partition coefficient (Wildman–Crippen LogP) is 1.09. The Morgan fingerprint density at radius 3 is 2.47 bits per heavy atom. The Morgan fingerprint density at radius 1 is 1.21 bits per heavy atom. The highest BCUT2D eigenvalue weighted by Gasteiger charge is 2.13. The smallest absolute Gasteiger partial charge is 0.359 e. The molecule has 0 aliphatic heterocycles. The molecule has 0 aliphatic rings. The predicted molar refractivity (Wildman–Crippen MR) is 73.1 cm³/mol. The van der Waals surface area contributed by atoms with Crippen molar-refractivity contribution in [2.45, 2.75) is 6.92 Å². The molecule has 0 unspecified atom stereocenters. The number of rotatable bonds is 4. The van der Waals surface area contributed by atoms with E-state index in [0.717, 1.165) is 0 Å². The summed E-state index contributed by atoms with van der Waals surface area (Å²) in [5.41, 5.74) is 0.273. The van der Waals surface area contributed by atoms with Gasteiger partial charge < -0.3 is 9.64 Å². The van der Waals surface area contributed by atoms with Crippen LogP contribution in [0.5, 0.6) is 6.01 Å². The Bertz CT molecular complexity index is 608. The van der Waals surface area contributed by atoms with Crippen LogP contribution in [0.3, 0.4) is 0 Å². The molecule has 2 aromatic rings. The van der Waals surface area contributed by atoms with Gasteiger partial charge in [0.25, 0.3) is 0 Å². The number of para-hydroxylation sites is 1. The molecule has 0 bridgehead atoms.